The van der Waals surface area contributed by atoms with E-state index in [4.69, 9.17) is 0 Å². The third kappa shape index (κ3) is 4.57. The van der Waals surface area contributed by atoms with Gasteiger partial charge in [0.25, 0.3) is 0 Å². The average Bonchev–Trinajstić information content (AvgIpc) is 2.47. The fraction of sp³-hybridized carbons (Fsp3) is 0.211. The van der Waals surface area contributed by atoms with Gasteiger partial charge >= 0.3 is 0 Å². The number of carbonyl (C=O) groups is 1. The van der Waals surface area contributed by atoms with Crippen molar-refractivity contribution in [2.45, 2.75) is 26.2 Å². The van der Waals surface area contributed by atoms with Crippen molar-refractivity contribution in [2.75, 3.05) is 5.32 Å². The second-order valence-corrected chi connectivity index (χ2v) is 7.03. The van der Waals surface area contributed by atoms with Crippen LogP contribution >= 0.6 is 15.9 Å². The van der Waals surface area contributed by atoms with Crippen LogP contribution < -0.4 is 5.32 Å². The van der Waals surface area contributed by atoms with Crippen molar-refractivity contribution < 1.29 is 4.79 Å². The zero-order valence-corrected chi connectivity index (χ0v) is 14.6. The normalized spacial score (nSPS) is 11.6. The maximum absolute atomic E-state index is 12.0. The lowest BCUT2D eigenvalue weighted by atomic mass is 9.87. The Morgan fingerprint density at radius 1 is 1.09 bits per heavy atom. The molecular weight excluding hydrogens is 338 g/mol. The molecule has 0 saturated heterocycles. The van der Waals surface area contributed by atoms with E-state index in [1.165, 1.54) is 5.56 Å². The number of amides is 1. The highest BCUT2D eigenvalue weighted by atomic mass is 79.9. The SMILES string of the molecule is CC(C)(C)c1ccc(NC(=O)/C=C/c2ccccc2)c(Br)c1. The number of hydrogen-bond acceptors (Lipinski definition) is 1. The highest BCUT2D eigenvalue weighted by Crippen LogP contribution is 2.30. The molecule has 0 radical (unpaired) electrons. The molecule has 1 amide bonds. The third-order valence-electron chi connectivity index (χ3n) is 3.32. The van der Waals surface area contributed by atoms with Crippen molar-refractivity contribution >= 4 is 33.6 Å². The van der Waals surface area contributed by atoms with Gasteiger partial charge in [0.15, 0.2) is 0 Å². The Balaban J connectivity index is 2.08. The van der Waals surface area contributed by atoms with Gasteiger partial charge in [-0.2, -0.15) is 0 Å². The Morgan fingerprint density at radius 3 is 2.36 bits per heavy atom. The minimum absolute atomic E-state index is 0.0816. The minimum Gasteiger partial charge on any atom is -0.321 e. The molecule has 0 atom stereocenters. The van der Waals surface area contributed by atoms with Gasteiger partial charge in [-0.1, -0.05) is 57.2 Å². The first kappa shape index (κ1) is 16.5. The molecule has 2 aromatic rings. The van der Waals surface area contributed by atoms with E-state index in [1.807, 2.05) is 42.5 Å². The van der Waals surface area contributed by atoms with Crippen molar-refractivity contribution in [1.29, 1.82) is 0 Å². The van der Waals surface area contributed by atoms with Crippen LogP contribution in [-0.4, -0.2) is 5.91 Å². The van der Waals surface area contributed by atoms with E-state index in [-0.39, 0.29) is 11.3 Å². The van der Waals surface area contributed by atoms with Crippen LogP contribution in [0.3, 0.4) is 0 Å². The van der Waals surface area contributed by atoms with Crippen LogP contribution in [0.5, 0.6) is 0 Å². The van der Waals surface area contributed by atoms with Gasteiger partial charge in [-0.15, -0.1) is 0 Å². The summed E-state index contributed by atoms with van der Waals surface area (Å²) in [5.41, 5.74) is 3.07. The summed E-state index contributed by atoms with van der Waals surface area (Å²) >= 11 is 3.53. The van der Waals surface area contributed by atoms with Crippen molar-refractivity contribution in [3.05, 3.63) is 70.2 Å². The van der Waals surface area contributed by atoms with Gasteiger partial charge in [-0.25, -0.2) is 0 Å². The monoisotopic (exact) mass is 357 g/mol. The van der Waals surface area contributed by atoms with Gasteiger partial charge in [-0.05, 0) is 50.7 Å². The van der Waals surface area contributed by atoms with Gasteiger partial charge in [-0.3, -0.25) is 4.79 Å². The van der Waals surface area contributed by atoms with Crippen LogP contribution in [0.15, 0.2) is 59.1 Å². The molecule has 2 nitrogen and oxygen atoms in total. The Hall–Kier alpha value is -1.87. The maximum Gasteiger partial charge on any atom is 0.248 e. The molecule has 2 aromatic carbocycles. The largest absolute Gasteiger partial charge is 0.321 e. The average molecular weight is 358 g/mol. The fourth-order valence-corrected chi connectivity index (χ4v) is 2.47. The number of halogens is 1. The van der Waals surface area contributed by atoms with E-state index in [1.54, 1.807) is 12.2 Å². The van der Waals surface area contributed by atoms with E-state index in [9.17, 15) is 4.79 Å². The van der Waals surface area contributed by atoms with Crippen LogP contribution in [0.1, 0.15) is 31.9 Å². The molecule has 2 rings (SSSR count). The molecular formula is C19H20BrNO. The molecule has 1 N–H and O–H groups in total. The number of rotatable bonds is 3. The van der Waals surface area contributed by atoms with Crippen LogP contribution in [0.2, 0.25) is 0 Å². The summed E-state index contributed by atoms with van der Waals surface area (Å²) in [5.74, 6) is -0.145. The molecule has 22 heavy (non-hydrogen) atoms. The fourth-order valence-electron chi connectivity index (χ4n) is 1.99. The lowest BCUT2D eigenvalue weighted by Crippen LogP contribution is -2.12. The first-order valence-electron chi connectivity index (χ1n) is 7.20. The van der Waals surface area contributed by atoms with E-state index in [0.717, 1.165) is 15.7 Å². The second kappa shape index (κ2) is 6.93. The van der Waals surface area contributed by atoms with Crippen molar-refractivity contribution in [1.82, 2.24) is 0 Å². The van der Waals surface area contributed by atoms with Crippen molar-refractivity contribution in [2.24, 2.45) is 0 Å². The molecule has 0 aliphatic rings. The molecule has 114 valence electrons. The first-order valence-corrected chi connectivity index (χ1v) is 8.00. The number of hydrogen-bond donors (Lipinski definition) is 1. The predicted molar refractivity (Wildman–Crippen MR) is 96.9 cm³/mol. The van der Waals surface area contributed by atoms with E-state index in [2.05, 4.69) is 48.1 Å². The van der Waals surface area contributed by atoms with Gasteiger partial charge in [0, 0.05) is 10.5 Å². The van der Waals surface area contributed by atoms with Gasteiger partial charge in [0.2, 0.25) is 5.91 Å². The highest BCUT2D eigenvalue weighted by Gasteiger charge is 2.15. The quantitative estimate of drug-likeness (QED) is 0.732. The summed E-state index contributed by atoms with van der Waals surface area (Å²) in [6, 6.07) is 15.8. The summed E-state index contributed by atoms with van der Waals surface area (Å²) in [7, 11) is 0. The van der Waals surface area contributed by atoms with Gasteiger partial charge in [0.05, 0.1) is 5.69 Å². The smallest absolute Gasteiger partial charge is 0.248 e. The highest BCUT2D eigenvalue weighted by molar-refractivity contribution is 9.10. The van der Waals surface area contributed by atoms with Crippen LogP contribution in [0.25, 0.3) is 6.08 Å². The summed E-state index contributed by atoms with van der Waals surface area (Å²) in [6.07, 6.45) is 3.34. The molecule has 0 aliphatic heterocycles. The summed E-state index contributed by atoms with van der Waals surface area (Å²) in [6.45, 7) is 6.49. The van der Waals surface area contributed by atoms with Crippen LogP contribution in [0, 0.1) is 0 Å². The first-order chi connectivity index (χ1) is 10.4. The topological polar surface area (TPSA) is 29.1 Å². The minimum atomic E-state index is -0.145. The molecule has 0 fully saturated rings. The number of anilines is 1. The third-order valence-corrected chi connectivity index (χ3v) is 3.98. The Bertz CT molecular complexity index is 684. The number of nitrogens with one attached hydrogen (secondary N) is 1. The zero-order chi connectivity index (χ0) is 16.2. The van der Waals surface area contributed by atoms with E-state index < -0.39 is 0 Å². The molecule has 0 unspecified atom stereocenters. The second-order valence-electron chi connectivity index (χ2n) is 6.18. The Morgan fingerprint density at radius 2 is 1.77 bits per heavy atom. The van der Waals surface area contributed by atoms with Crippen molar-refractivity contribution in [3.8, 4) is 0 Å². The van der Waals surface area contributed by atoms with E-state index >= 15 is 0 Å². The predicted octanol–water partition coefficient (Wildman–Crippen LogP) is 5.40. The van der Waals surface area contributed by atoms with Gasteiger partial charge in [0.1, 0.15) is 0 Å². The summed E-state index contributed by atoms with van der Waals surface area (Å²) < 4.78 is 0.890. The maximum atomic E-state index is 12.0. The van der Waals surface area contributed by atoms with Crippen molar-refractivity contribution in [3.63, 3.8) is 0 Å². The lowest BCUT2D eigenvalue weighted by molar-refractivity contribution is -0.111. The molecule has 0 saturated carbocycles. The Labute approximate surface area is 140 Å². The molecule has 3 heteroatoms. The Kier molecular flexibility index (Phi) is 5.19. The van der Waals surface area contributed by atoms with Crippen LogP contribution in [-0.2, 0) is 10.2 Å². The number of carbonyl (C=O) groups excluding carboxylic acids is 1. The van der Waals surface area contributed by atoms with Crippen LogP contribution in [0.4, 0.5) is 5.69 Å². The standard InChI is InChI=1S/C19H20BrNO/c1-19(2,3)15-10-11-17(16(20)13-15)21-18(22)12-9-14-7-5-4-6-8-14/h4-13H,1-3H3,(H,21,22)/b12-9+. The zero-order valence-electron chi connectivity index (χ0n) is 13.1. The molecule has 0 aromatic heterocycles. The molecule has 0 spiro atoms. The molecule has 0 bridgehead atoms. The summed E-state index contributed by atoms with van der Waals surface area (Å²) in [5, 5.41) is 2.89. The van der Waals surface area contributed by atoms with E-state index in [0.29, 0.717) is 0 Å². The van der Waals surface area contributed by atoms with Gasteiger partial charge < -0.3 is 5.32 Å². The molecule has 0 aliphatic carbocycles. The summed E-state index contributed by atoms with van der Waals surface area (Å²) in [4.78, 5) is 12.0. The number of benzene rings is 2. The molecule has 0 heterocycles. The lowest BCUT2D eigenvalue weighted by Gasteiger charge is -2.20.